The minimum Gasteiger partial charge on any atom is -0.481 e. The van der Waals surface area contributed by atoms with E-state index in [-0.39, 0.29) is 29.0 Å². The molecule has 2 rings (SSSR count). The zero-order valence-corrected chi connectivity index (χ0v) is 8.01. The molecular formula is C10H7NO5. The van der Waals surface area contributed by atoms with Crippen LogP contribution in [0.3, 0.4) is 0 Å². The Balaban J connectivity index is 2.56. The summed E-state index contributed by atoms with van der Waals surface area (Å²) in [6, 6.07) is 4.44. The van der Waals surface area contributed by atoms with Crippen LogP contribution in [0.1, 0.15) is 16.2 Å². The van der Waals surface area contributed by atoms with Crippen molar-refractivity contribution in [2.45, 2.75) is 6.42 Å². The Hall–Kier alpha value is -2.37. The van der Waals surface area contributed by atoms with Gasteiger partial charge in [-0.3, -0.25) is 4.79 Å². The third kappa shape index (κ3) is 1.72. The lowest BCUT2D eigenvalue weighted by atomic mass is 10.2. The van der Waals surface area contributed by atoms with Gasteiger partial charge in [-0.1, -0.05) is 6.07 Å². The lowest BCUT2D eigenvalue weighted by Crippen LogP contribution is -2.00. The number of aliphatic carboxylic acids is 1. The van der Waals surface area contributed by atoms with Crippen molar-refractivity contribution in [1.82, 2.24) is 4.98 Å². The molecule has 16 heavy (non-hydrogen) atoms. The Labute approximate surface area is 89.1 Å². The molecule has 1 aromatic heterocycles. The Kier molecular flexibility index (Phi) is 2.32. The van der Waals surface area contributed by atoms with Gasteiger partial charge in [0, 0.05) is 0 Å². The smallest absolute Gasteiger partial charge is 0.338 e. The van der Waals surface area contributed by atoms with Crippen LogP contribution in [0.5, 0.6) is 0 Å². The molecule has 1 heterocycles. The lowest BCUT2D eigenvalue weighted by Gasteiger charge is -1.92. The van der Waals surface area contributed by atoms with Crippen LogP contribution >= 0.6 is 0 Å². The molecule has 0 aliphatic carbocycles. The molecule has 6 heteroatoms. The number of benzene rings is 1. The number of carboxylic acid groups (broad SMARTS) is 2. The van der Waals surface area contributed by atoms with Crippen molar-refractivity contribution in [3.8, 4) is 0 Å². The minimum absolute atomic E-state index is 0.00195. The fourth-order valence-electron chi connectivity index (χ4n) is 1.37. The van der Waals surface area contributed by atoms with Crippen molar-refractivity contribution in [2.75, 3.05) is 0 Å². The predicted molar refractivity (Wildman–Crippen MR) is 52.3 cm³/mol. The first-order valence-electron chi connectivity index (χ1n) is 4.41. The van der Waals surface area contributed by atoms with Crippen LogP contribution in [0.2, 0.25) is 0 Å². The second kappa shape index (κ2) is 3.65. The van der Waals surface area contributed by atoms with Crippen LogP contribution in [0.25, 0.3) is 11.1 Å². The highest BCUT2D eigenvalue weighted by Gasteiger charge is 2.15. The molecule has 0 spiro atoms. The summed E-state index contributed by atoms with van der Waals surface area (Å²) < 4.78 is 5.11. The molecule has 6 nitrogen and oxygen atoms in total. The van der Waals surface area contributed by atoms with E-state index < -0.39 is 11.9 Å². The van der Waals surface area contributed by atoms with Gasteiger partial charge in [0.05, 0.1) is 5.56 Å². The van der Waals surface area contributed by atoms with Gasteiger partial charge in [0.15, 0.2) is 5.58 Å². The van der Waals surface area contributed by atoms with Gasteiger partial charge >= 0.3 is 11.9 Å². The SMILES string of the molecule is O=C(O)Cc1nc2c(C(=O)O)cccc2o1. The summed E-state index contributed by atoms with van der Waals surface area (Å²) in [4.78, 5) is 25.1. The second-order valence-corrected chi connectivity index (χ2v) is 3.14. The van der Waals surface area contributed by atoms with Gasteiger partial charge in [-0.25, -0.2) is 9.78 Å². The molecule has 2 aromatic rings. The highest BCUT2D eigenvalue weighted by atomic mass is 16.4. The van der Waals surface area contributed by atoms with Crippen LogP contribution in [0.15, 0.2) is 22.6 Å². The van der Waals surface area contributed by atoms with Crippen molar-refractivity contribution < 1.29 is 24.2 Å². The standard InChI is InChI=1S/C10H7NO5/c12-8(13)4-7-11-9-5(10(14)15)2-1-3-6(9)16-7/h1-3H,4H2,(H,12,13)(H,14,15). The molecule has 0 aliphatic rings. The highest BCUT2D eigenvalue weighted by molar-refractivity contribution is 6.00. The van der Waals surface area contributed by atoms with Crippen molar-refractivity contribution in [3.63, 3.8) is 0 Å². The predicted octanol–water partition coefficient (Wildman–Crippen LogP) is 1.15. The number of aromatic carboxylic acids is 1. The van der Waals surface area contributed by atoms with E-state index in [9.17, 15) is 9.59 Å². The zero-order chi connectivity index (χ0) is 11.7. The van der Waals surface area contributed by atoms with E-state index in [1.54, 1.807) is 6.07 Å². The van der Waals surface area contributed by atoms with E-state index in [1.165, 1.54) is 12.1 Å². The van der Waals surface area contributed by atoms with Crippen molar-refractivity contribution in [2.24, 2.45) is 0 Å². The summed E-state index contributed by atoms with van der Waals surface area (Å²) in [7, 11) is 0. The van der Waals surface area contributed by atoms with Gasteiger partial charge < -0.3 is 14.6 Å². The Bertz CT molecular complexity index is 572. The van der Waals surface area contributed by atoms with Crippen molar-refractivity contribution in [3.05, 3.63) is 29.7 Å². The second-order valence-electron chi connectivity index (χ2n) is 3.14. The van der Waals surface area contributed by atoms with E-state index in [4.69, 9.17) is 14.6 Å². The molecule has 0 saturated carbocycles. The fourth-order valence-corrected chi connectivity index (χ4v) is 1.37. The van der Waals surface area contributed by atoms with E-state index in [1.807, 2.05) is 0 Å². The van der Waals surface area contributed by atoms with Gasteiger partial charge in [0.1, 0.15) is 11.9 Å². The summed E-state index contributed by atoms with van der Waals surface area (Å²) in [5.41, 5.74) is 0.445. The quantitative estimate of drug-likeness (QED) is 0.806. The van der Waals surface area contributed by atoms with Crippen molar-refractivity contribution >= 4 is 23.0 Å². The van der Waals surface area contributed by atoms with E-state index in [2.05, 4.69) is 4.98 Å². The highest BCUT2D eigenvalue weighted by Crippen LogP contribution is 2.19. The van der Waals surface area contributed by atoms with Crippen LogP contribution in [0, 0.1) is 0 Å². The number of hydrogen-bond donors (Lipinski definition) is 2. The third-order valence-corrected chi connectivity index (χ3v) is 2.00. The summed E-state index contributed by atoms with van der Waals surface area (Å²) in [5.74, 6) is -2.21. The Morgan fingerprint density at radius 2 is 2.06 bits per heavy atom. The average molecular weight is 221 g/mol. The molecule has 0 amide bonds. The first-order chi connectivity index (χ1) is 7.58. The normalized spacial score (nSPS) is 10.5. The maximum Gasteiger partial charge on any atom is 0.338 e. The van der Waals surface area contributed by atoms with Gasteiger partial charge in [0.25, 0.3) is 0 Å². The Morgan fingerprint density at radius 1 is 1.31 bits per heavy atom. The fraction of sp³-hybridized carbons (Fsp3) is 0.100. The molecule has 0 aliphatic heterocycles. The Morgan fingerprint density at radius 3 is 2.69 bits per heavy atom. The van der Waals surface area contributed by atoms with E-state index in [0.717, 1.165) is 0 Å². The molecular weight excluding hydrogens is 214 g/mol. The van der Waals surface area contributed by atoms with Crippen LogP contribution < -0.4 is 0 Å². The number of fused-ring (bicyclic) bond motifs is 1. The minimum atomic E-state index is -1.12. The molecule has 1 aromatic carbocycles. The zero-order valence-electron chi connectivity index (χ0n) is 8.01. The van der Waals surface area contributed by atoms with Crippen LogP contribution in [-0.4, -0.2) is 27.1 Å². The first-order valence-corrected chi connectivity index (χ1v) is 4.41. The van der Waals surface area contributed by atoms with Gasteiger partial charge in [-0.05, 0) is 12.1 Å². The van der Waals surface area contributed by atoms with Gasteiger partial charge in [0.2, 0.25) is 5.89 Å². The topological polar surface area (TPSA) is 101 Å². The van der Waals surface area contributed by atoms with Gasteiger partial charge in [-0.15, -0.1) is 0 Å². The number of carboxylic acids is 2. The summed E-state index contributed by atoms with van der Waals surface area (Å²) in [6.07, 6.45) is -0.367. The molecule has 0 bridgehead atoms. The molecule has 0 atom stereocenters. The largest absolute Gasteiger partial charge is 0.481 e. The molecule has 2 N–H and O–H groups in total. The van der Waals surface area contributed by atoms with Gasteiger partial charge in [-0.2, -0.15) is 0 Å². The first kappa shape index (κ1) is 10.2. The van der Waals surface area contributed by atoms with E-state index in [0.29, 0.717) is 0 Å². The third-order valence-electron chi connectivity index (χ3n) is 2.00. The summed E-state index contributed by atoms with van der Waals surface area (Å²) in [6.45, 7) is 0. The van der Waals surface area contributed by atoms with E-state index >= 15 is 0 Å². The van der Waals surface area contributed by atoms with Crippen LogP contribution in [-0.2, 0) is 11.2 Å². The van der Waals surface area contributed by atoms with Crippen molar-refractivity contribution in [1.29, 1.82) is 0 Å². The molecule has 0 unspecified atom stereocenters. The number of nitrogens with zero attached hydrogens (tertiary/aromatic N) is 1. The maximum absolute atomic E-state index is 10.8. The number of carbonyl (C=O) groups is 2. The number of rotatable bonds is 3. The maximum atomic E-state index is 10.8. The molecule has 82 valence electrons. The number of oxazole rings is 1. The summed E-state index contributed by atoms with van der Waals surface area (Å²) in [5, 5.41) is 17.4. The number of para-hydroxylation sites is 1. The molecule has 0 fully saturated rings. The molecule has 0 radical (unpaired) electrons. The molecule has 0 saturated heterocycles. The number of aromatic nitrogens is 1. The van der Waals surface area contributed by atoms with Crippen LogP contribution in [0.4, 0.5) is 0 Å². The number of hydrogen-bond acceptors (Lipinski definition) is 4. The average Bonchev–Trinajstić information content (AvgIpc) is 2.57. The lowest BCUT2D eigenvalue weighted by molar-refractivity contribution is -0.136. The monoisotopic (exact) mass is 221 g/mol. The summed E-state index contributed by atoms with van der Waals surface area (Å²) >= 11 is 0.